The molecule has 3 rings (SSSR count). The highest BCUT2D eigenvalue weighted by Crippen LogP contribution is 2.20. The summed E-state index contributed by atoms with van der Waals surface area (Å²) >= 11 is 11.0. The third-order valence-electron chi connectivity index (χ3n) is 3.77. The minimum atomic E-state index is -1.47. The number of nitrogens with zero attached hydrogens (tertiary/aromatic N) is 2. The topological polar surface area (TPSA) is 41.9 Å². The number of hydrogen-bond donors (Lipinski definition) is 2. The first-order valence-corrected chi connectivity index (χ1v) is 8.76. The first kappa shape index (κ1) is 20.1. The van der Waals surface area contributed by atoms with Gasteiger partial charge in [-0.05, 0) is 29.9 Å². The second-order valence-corrected chi connectivity index (χ2v) is 6.62. The molecule has 4 nitrogen and oxygen atoms in total. The van der Waals surface area contributed by atoms with E-state index in [2.05, 4.69) is 15.7 Å². The quantitative estimate of drug-likeness (QED) is 0.353. The van der Waals surface area contributed by atoms with E-state index >= 15 is 0 Å². The van der Waals surface area contributed by atoms with E-state index in [-0.39, 0.29) is 11.2 Å². The van der Waals surface area contributed by atoms with Gasteiger partial charge in [0.05, 0.1) is 12.1 Å². The highest BCUT2D eigenvalue weighted by Gasteiger charge is 2.19. The molecule has 2 N–H and O–H groups in total. The average molecular weight is 429 g/mol. The first-order valence-electron chi connectivity index (χ1n) is 7.98. The number of anilines is 1. The Bertz CT molecular complexity index is 981. The molecular weight excluding hydrogens is 416 g/mol. The standard InChI is InChI=1S/C18H13ClF4N4S/c19-11-3-1-10(2-4-11)8-24-18(28)25-15-5-6-27(26-15)9-12-16(22)13(20)7-14(21)17(12)23/h1-7H,8-9H2,(H2,24,25,26,28). The third kappa shape index (κ3) is 4.79. The zero-order chi connectivity index (χ0) is 20.3. The van der Waals surface area contributed by atoms with Crippen molar-refractivity contribution in [1.29, 1.82) is 0 Å². The van der Waals surface area contributed by atoms with Crippen LogP contribution in [0.4, 0.5) is 23.4 Å². The Morgan fingerprint density at radius 3 is 2.32 bits per heavy atom. The highest BCUT2D eigenvalue weighted by molar-refractivity contribution is 7.80. The van der Waals surface area contributed by atoms with Crippen LogP contribution in [0.1, 0.15) is 11.1 Å². The number of hydrogen-bond acceptors (Lipinski definition) is 2. The lowest BCUT2D eigenvalue weighted by atomic mass is 10.2. The molecule has 0 saturated heterocycles. The van der Waals surface area contributed by atoms with Crippen LogP contribution in [0.5, 0.6) is 0 Å². The number of halogens is 5. The Hall–Kier alpha value is -2.65. The van der Waals surface area contributed by atoms with Crippen LogP contribution >= 0.6 is 23.8 Å². The van der Waals surface area contributed by atoms with Crippen molar-refractivity contribution in [3.8, 4) is 0 Å². The maximum absolute atomic E-state index is 13.8. The van der Waals surface area contributed by atoms with E-state index in [9.17, 15) is 17.6 Å². The van der Waals surface area contributed by atoms with Gasteiger partial charge in [-0.15, -0.1) is 0 Å². The fourth-order valence-electron chi connectivity index (χ4n) is 2.38. The molecule has 0 aliphatic heterocycles. The van der Waals surface area contributed by atoms with Gasteiger partial charge < -0.3 is 10.6 Å². The molecule has 0 aliphatic rings. The van der Waals surface area contributed by atoms with Gasteiger partial charge in [-0.1, -0.05) is 23.7 Å². The van der Waals surface area contributed by atoms with Gasteiger partial charge in [-0.3, -0.25) is 4.68 Å². The first-order chi connectivity index (χ1) is 13.3. The summed E-state index contributed by atoms with van der Waals surface area (Å²) in [7, 11) is 0. The maximum atomic E-state index is 13.8. The summed E-state index contributed by atoms with van der Waals surface area (Å²) in [4.78, 5) is 0. The van der Waals surface area contributed by atoms with Crippen LogP contribution in [0.15, 0.2) is 42.6 Å². The van der Waals surface area contributed by atoms with Gasteiger partial charge >= 0.3 is 0 Å². The van der Waals surface area contributed by atoms with Crippen LogP contribution in [-0.4, -0.2) is 14.9 Å². The van der Waals surface area contributed by atoms with Crippen LogP contribution in [0.25, 0.3) is 0 Å². The SMILES string of the molecule is Fc1cc(F)c(F)c(Cn2ccc(NC(=S)NCc3ccc(Cl)cc3)n2)c1F. The van der Waals surface area contributed by atoms with Crippen molar-refractivity contribution in [2.24, 2.45) is 0 Å². The number of rotatable bonds is 5. The number of nitrogens with one attached hydrogen (secondary N) is 2. The second kappa shape index (κ2) is 8.57. The molecule has 0 amide bonds. The van der Waals surface area contributed by atoms with Crippen molar-refractivity contribution in [3.63, 3.8) is 0 Å². The van der Waals surface area contributed by atoms with Crippen molar-refractivity contribution in [3.05, 3.63) is 82.0 Å². The predicted molar refractivity (Wildman–Crippen MR) is 102 cm³/mol. The summed E-state index contributed by atoms with van der Waals surface area (Å²) in [6.07, 6.45) is 1.39. The van der Waals surface area contributed by atoms with E-state index in [0.717, 1.165) is 10.2 Å². The lowest BCUT2D eigenvalue weighted by Crippen LogP contribution is -2.28. The van der Waals surface area contributed by atoms with Crippen molar-refractivity contribution in [2.45, 2.75) is 13.1 Å². The molecule has 0 radical (unpaired) electrons. The smallest absolute Gasteiger partial charge is 0.172 e. The van der Waals surface area contributed by atoms with Crippen LogP contribution in [-0.2, 0) is 13.1 Å². The molecule has 1 heterocycles. The molecule has 0 saturated carbocycles. The van der Waals surface area contributed by atoms with Crippen LogP contribution in [0.2, 0.25) is 5.02 Å². The zero-order valence-corrected chi connectivity index (χ0v) is 15.7. The van der Waals surface area contributed by atoms with E-state index in [4.69, 9.17) is 23.8 Å². The maximum Gasteiger partial charge on any atom is 0.172 e. The molecule has 10 heteroatoms. The summed E-state index contributed by atoms with van der Waals surface area (Å²) in [6, 6.07) is 8.85. The Balaban J connectivity index is 1.61. The van der Waals surface area contributed by atoms with Gasteiger partial charge in [0.15, 0.2) is 34.2 Å². The molecule has 0 atom stereocenters. The molecule has 2 aromatic carbocycles. The Morgan fingerprint density at radius 1 is 1.04 bits per heavy atom. The van der Waals surface area contributed by atoms with Crippen molar-refractivity contribution >= 4 is 34.7 Å². The predicted octanol–water partition coefficient (Wildman–Crippen LogP) is 4.63. The Kier molecular flexibility index (Phi) is 6.15. The molecule has 0 bridgehead atoms. The summed E-state index contributed by atoms with van der Waals surface area (Å²) in [5, 5.41) is 10.7. The summed E-state index contributed by atoms with van der Waals surface area (Å²) < 4.78 is 55.2. The second-order valence-electron chi connectivity index (χ2n) is 5.78. The van der Waals surface area contributed by atoms with Gasteiger partial charge in [0.1, 0.15) is 0 Å². The van der Waals surface area contributed by atoms with E-state index in [0.29, 0.717) is 17.4 Å². The fraction of sp³-hybridized carbons (Fsp3) is 0.111. The molecular formula is C18H13ClF4N4S. The zero-order valence-electron chi connectivity index (χ0n) is 14.1. The summed E-state index contributed by atoms with van der Waals surface area (Å²) in [6.45, 7) is -0.0400. The van der Waals surface area contributed by atoms with Gasteiger partial charge in [0, 0.05) is 29.9 Å². The van der Waals surface area contributed by atoms with Crippen LogP contribution in [0, 0.1) is 23.3 Å². The lowest BCUT2D eigenvalue weighted by Gasteiger charge is -2.09. The van der Waals surface area contributed by atoms with Gasteiger partial charge in [-0.25, -0.2) is 17.6 Å². The van der Waals surface area contributed by atoms with Gasteiger partial charge in [-0.2, -0.15) is 5.10 Å². The molecule has 0 spiro atoms. The van der Waals surface area contributed by atoms with E-state index in [1.54, 1.807) is 12.1 Å². The van der Waals surface area contributed by atoms with Crippen LogP contribution < -0.4 is 10.6 Å². The Morgan fingerprint density at radius 2 is 1.68 bits per heavy atom. The normalized spacial score (nSPS) is 10.8. The molecule has 0 aliphatic carbocycles. The average Bonchev–Trinajstić information content (AvgIpc) is 3.10. The highest BCUT2D eigenvalue weighted by atomic mass is 35.5. The van der Waals surface area contributed by atoms with Gasteiger partial charge in [0.25, 0.3) is 0 Å². The minimum Gasteiger partial charge on any atom is -0.358 e. The number of thiocarbonyl (C=S) groups is 1. The molecule has 0 unspecified atom stereocenters. The molecule has 0 fully saturated rings. The van der Waals surface area contributed by atoms with E-state index in [1.165, 1.54) is 12.3 Å². The Labute approximate surface area is 168 Å². The lowest BCUT2D eigenvalue weighted by molar-refractivity contribution is 0.431. The number of benzene rings is 2. The van der Waals surface area contributed by atoms with E-state index < -0.39 is 35.4 Å². The third-order valence-corrected chi connectivity index (χ3v) is 4.27. The largest absolute Gasteiger partial charge is 0.358 e. The van der Waals surface area contributed by atoms with Gasteiger partial charge in [0.2, 0.25) is 0 Å². The number of aromatic nitrogens is 2. The van der Waals surface area contributed by atoms with E-state index in [1.807, 2.05) is 12.1 Å². The fourth-order valence-corrected chi connectivity index (χ4v) is 2.69. The van der Waals surface area contributed by atoms with Crippen molar-refractivity contribution < 1.29 is 17.6 Å². The van der Waals surface area contributed by atoms with Crippen LogP contribution in [0.3, 0.4) is 0 Å². The monoisotopic (exact) mass is 428 g/mol. The van der Waals surface area contributed by atoms with Crippen molar-refractivity contribution in [2.75, 3.05) is 5.32 Å². The molecule has 146 valence electrons. The van der Waals surface area contributed by atoms with Crippen molar-refractivity contribution in [1.82, 2.24) is 15.1 Å². The molecule has 3 aromatic rings. The molecule has 28 heavy (non-hydrogen) atoms. The summed E-state index contributed by atoms with van der Waals surface area (Å²) in [5.74, 6) is -5.54. The minimum absolute atomic E-state index is 0.162. The summed E-state index contributed by atoms with van der Waals surface area (Å²) in [5.41, 5.74) is 0.203. The molecule has 1 aromatic heterocycles.